The molecule has 1 aromatic heterocycles. The number of carbonyl (C=O) groups is 3. The number of nitrogens with one attached hydrogen (secondary N) is 1. The summed E-state index contributed by atoms with van der Waals surface area (Å²) in [6.07, 6.45) is 1.71. The van der Waals surface area contributed by atoms with Crippen LogP contribution >= 0.6 is 27.7 Å². The van der Waals surface area contributed by atoms with Gasteiger partial charge in [0.25, 0.3) is 0 Å². The van der Waals surface area contributed by atoms with E-state index in [0.717, 1.165) is 16.5 Å². The van der Waals surface area contributed by atoms with Crippen molar-refractivity contribution in [1.82, 2.24) is 14.9 Å². The molecule has 10 heteroatoms. The quantitative estimate of drug-likeness (QED) is 0.314. The van der Waals surface area contributed by atoms with Crippen molar-refractivity contribution in [1.29, 1.82) is 5.26 Å². The number of hydrogen-bond donors (Lipinski definition) is 1. The van der Waals surface area contributed by atoms with Crippen LogP contribution in [0.5, 0.6) is 0 Å². The molecule has 2 aromatic carbocycles. The number of esters is 1. The summed E-state index contributed by atoms with van der Waals surface area (Å²) >= 11 is 4.79. The second kappa shape index (κ2) is 11.6. The molecule has 1 heterocycles. The first-order valence-electron chi connectivity index (χ1n) is 10.2. The Hall–Kier alpha value is -3.16. The van der Waals surface area contributed by atoms with Crippen molar-refractivity contribution in [2.24, 2.45) is 0 Å². The number of halogens is 1. The van der Waals surface area contributed by atoms with E-state index in [1.54, 1.807) is 19.2 Å². The molecular formula is C23H21BrN4O4S. The number of benzene rings is 2. The van der Waals surface area contributed by atoms with Gasteiger partial charge in [0.2, 0.25) is 5.91 Å². The molecule has 0 saturated carbocycles. The molecule has 0 aliphatic rings. The van der Waals surface area contributed by atoms with Crippen LogP contribution in [0.1, 0.15) is 25.3 Å². The van der Waals surface area contributed by atoms with Crippen LogP contribution < -0.4 is 5.32 Å². The highest BCUT2D eigenvalue weighted by Gasteiger charge is 2.16. The summed E-state index contributed by atoms with van der Waals surface area (Å²) in [4.78, 5) is 39.8. The van der Waals surface area contributed by atoms with E-state index in [9.17, 15) is 19.6 Å². The van der Waals surface area contributed by atoms with Crippen molar-refractivity contribution in [3.63, 3.8) is 0 Å². The number of carbonyl (C=O) groups excluding carboxylic acids is 3. The molecule has 0 atom stereocenters. The monoisotopic (exact) mass is 528 g/mol. The molecule has 8 nitrogen and oxygen atoms in total. The zero-order chi connectivity index (χ0) is 23.8. The molecule has 0 spiro atoms. The van der Waals surface area contributed by atoms with E-state index < -0.39 is 5.97 Å². The van der Waals surface area contributed by atoms with Crippen LogP contribution in [0.2, 0.25) is 0 Å². The molecule has 0 saturated heterocycles. The van der Waals surface area contributed by atoms with E-state index in [0.29, 0.717) is 15.3 Å². The summed E-state index contributed by atoms with van der Waals surface area (Å²) in [5.41, 5.74) is 1.42. The average molecular weight is 529 g/mol. The van der Waals surface area contributed by atoms with Crippen LogP contribution in [0.3, 0.4) is 0 Å². The molecule has 170 valence electrons. The molecule has 3 rings (SSSR count). The number of nitrogens with zero attached hydrogens (tertiary/aromatic N) is 3. The van der Waals surface area contributed by atoms with Crippen LogP contribution in [0.15, 0.2) is 52.4 Å². The Bertz CT molecular complexity index is 1230. The third kappa shape index (κ3) is 6.21. The highest BCUT2D eigenvalue weighted by molar-refractivity contribution is 9.10. The Morgan fingerprint density at radius 1 is 1.18 bits per heavy atom. The van der Waals surface area contributed by atoms with E-state index in [-0.39, 0.29) is 43.4 Å². The van der Waals surface area contributed by atoms with E-state index in [4.69, 9.17) is 4.74 Å². The Balaban J connectivity index is 1.65. The number of rotatable bonds is 10. The van der Waals surface area contributed by atoms with Gasteiger partial charge in [-0.3, -0.25) is 19.0 Å². The minimum atomic E-state index is -0.513. The van der Waals surface area contributed by atoms with Gasteiger partial charge in [0, 0.05) is 23.6 Å². The fourth-order valence-corrected chi connectivity index (χ4v) is 4.62. The first-order chi connectivity index (χ1) is 15.9. The Morgan fingerprint density at radius 2 is 1.94 bits per heavy atom. The minimum absolute atomic E-state index is 0.00279. The van der Waals surface area contributed by atoms with Gasteiger partial charge in [-0.2, -0.15) is 5.26 Å². The molecule has 1 amide bonds. The summed E-state index contributed by atoms with van der Waals surface area (Å²) in [6, 6.07) is 13.4. The molecule has 3 aromatic rings. The summed E-state index contributed by atoms with van der Waals surface area (Å²) in [7, 11) is 0. The zero-order valence-electron chi connectivity index (χ0n) is 17.8. The molecule has 0 aliphatic heterocycles. The number of ketones is 1. The fraction of sp³-hybridized carbons (Fsp3) is 0.261. The maximum absolute atomic E-state index is 12.3. The number of aromatic nitrogens is 2. The molecule has 33 heavy (non-hydrogen) atoms. The predicted octanol–water partition coefficient (Wildman–Crippen LogP) is 3.78. The molecule has 0 aliphatic carbocycles. The first-order valence-corrected chi connectivity index (χ1v) is 11.9. The normalized spacial score (nSPS) is 10.6. The Kier molecular flexibility index (Phi) is 8.63. The first kappa shape index (κ1) is 24.5. The fourth-order valence-electron chi connectivity index (χ4n) is 3.15. The maximum Gasteiger partial charge on any atom is 0.325 e. The number of thioether (sulfide) groups is 1. The van der Waals surface area contributed by atoms with Gasteiger partial charge in [-0.25, -0.2) is 4.98 Å². The molecule has 0 radical (unpaired) electrons. The second-order valence-corrected chi connectivity index (χ2v) is 8.65. The number of amides is 1. The van der Waals surface area contributed by atoms with Crippen LogP contribution in [0, 0.1) is 11.3 Å². The highest BCUT2D eigenvalue weighted by atomic mass is 79.9. The smallest absolute Gasteiger partial charge is 0.325 e. The van der Waals surface area contributed by atoms with Crippen molar-refractivity contribution in [2.75, 3.05) is 18.9 Å². The van der Waals surface area contributed by atoms with Gasteiger partial charge >= 0.3 is 5.97 Å². The average Bonchev–Trinajstić information content (AvgIpc) is 3.19. The van der Waals surface area contributed by atoms with E-state index >= 15 is 0 Å². The lowest BCUT2D eigenvalue weighted by Crippen LogP contribution is -2.30. The van der Waals surface area contributed by atoms with Gasteiger partial charge in [0.15, 0.2) is 5.16 Å². The van der Waals surface area contributed by atoms with E-state index in [2.05, 4.69) is 32.3 Å². The largest absolute Gasteiger partial charge is 0.465 e. The van der Waals surface area contributed by atoms with Gasteiger partial charge < -0.3 is 10.1 Å². The molecule has 0 fully saturated rings. The van der Waals surface area contributed by atoms with Crippen LogP contribution in [-0.4, -0.2) is 46.1 Å². The minimum Gasteiger partial charge on any atom is -0.465 e. The number of fused-ring (bicyclic) bond motifs is 1. The standard InChI is InChI=1S/C23H21BrN4O4S/c1-2-32-22(31)13-26-21(30)10-8-16(29)14-33-23-27-12-20(24)28(23)19-9-7-15(11-25)17-5-3-4-6-18(17)19/h3-7,9,12H,2,8,10,13-14H2,1H3,(H,26,30). The molecular weight excluding hydrogens is 508 g/mol. The predicted molar refractivity (Wildman–Crippen MR) is 128 cm³/mol. The van der Waals surface area contributed by atoms with Crippen molar-refractivity contribution in [3.8, 4) is 11.8 Å². The summed E-state index contributed by atoms with van der Waals surface area (Å²) < 4.78 is 7.34. The molecule has 0 unspecified atom stereocenters. The van der Waals surface area contributed by atoms with Gasteiger partial charge in [0.1, 0.15) is 16.9 Å². The third-order valence-electron chi connectivity index (χ3n) is 4.68. The lowest BCUT2D eigenvalue weighted by molar-refractivity contribution is -0.143. The van der Waals surface area contributed by atoms with Crippen LogP contribution in [-0.2, 0) is 19.1 Å². The Morgan fingerprint density at radius 3 is 2.67 bits per heavy atom. The van der Waals surface area contributed by atoms with Gasteiger partial charge in [-0.1, -0.05) is 36.0 Å². The number of imidazole rings is 1. The zero-order valence-corrected chi connectivity index (χ0v) is 20.2. The summed E-state index contributed by atoms with van der Waals surface area (Å²) in [5.74, 6) is -0.861. The third-order valence-corrected chi connectivity index (χ3v) is 6.25. The number of Topliss-reactive ketones (excluding diaryl/α,β-unsaturated/α-hetero) is 1. The SMILES string of the molecule is CCOC(=O)CNC(=O)CCC(=O)CSc1ncc(Br)n1-c1ccc(C#N)c2ccccc12. The van der Waals surface area contributed by atoms with E-state index in [1.807, 2.05) is 34.9 Å². The second-order valence-electron chi connectivity index (χ2n) is 6.90. The van der Waals surface area contributed by atoms with E-state index in [1.165, 1.54) is 11.8 Å². The number of nitriles is 1. The maximum atomic E-state index is 12.3. The number of ether oxygens (including phenoxy) is 1. The van der Waals surface area contributed by atoms with Crippen molar-refractivity contribution >= 4 is 56.1 Å². The van der Waals surface area contributed by atoms with Crippen molar-refractivity contribution < 1.29 is 19.1 Å². The topological polar surface area (TPSA) is 114 Å². The van der Waals surface area contributed by atoms with Crippen LogP contribution in [0.25, 0.3) is 16.5 Å². The van der Waals surface area contributed by atoms with Gasteiger partial charge in [-0.05, 0) is 35.0 Å². The lowest BCUT2D eigenvalue weighted by atomic mass is 10.0. The molecule has 1 N–H and O–H groups in total. The number of hydrogen-bond acceptors (Lipinski definition) is 7. The summed E-state index contributed by atoms with van der Waals surface area (Å²) in [5, 5.41) is 14.2. The Labute approximate surface area is 203 Å². The van der Waals surface area contributed by atoms with Gasteiger partial charge in [-0.15, -0.1) is 0 Å². The van der Waals surface area contributed by atoms with Crippen molar-refractivity contribution in [2.45, 2.75) is 24.9 Å². The van der Waals surface area contributed by atoms with Crippen molar-refractivity contribution in [3.05, 3.63) is 52.8 Å². The van der Waals surface area contributed by atoms with Crippen LogP contribution in [0.4, 0.5) is 0 Å². The highest BCUT2D eigenvalue weighted by Crippen LogP contribution is 2.32. The van der Waals surface area contributed by atoms with Gasteiger partial charge in [0.05, 0.1) is 35.9 Å². The summed E-state index contributed by atoms with van der Waals surface area (Å²) in [6.45, 7) is 1.72. The lowest BCUT2D eigenvalue weighted by Gasteiger charge is -2.13. The molecule has 0 bridgehead atoms.